The molecule has 15 heavy (non-hydrogen) atoms. The Kier molecular flexibility index (Phi) is 3.32. The minimum Gasteiger partial charge on any atom is -0.508 e. The molecular weight excluding hydrogens is 254 g/mol. The summed E-state index contributed by atoms with van der Waals surface area (Å²) in [6.45, 7) is 4.06. The van der Waals surface area contributed by atoms with Crippen molar-refractivity contribution < 1.29 is 5.11 Å². The molecule has 1 unspecified atom stereocenters. The Morgan fingerprint density at radius 2 is 2.27 bits per heavy atom. The van der Waals surface area contributed by atoms with E-state index >= 15 is 0 Å². The van der Waals surface area contributed by atoms with Crippen molar-refractivity contribution in [2.45, 2.75) is 25.7 Å². The van der Waals surface area contributed by atoms with Gasteiger partial charge < -0.3 is 10.4 Å². The first-order valence-electron chi connectivity index (χ1n) is 5.38. The molecule has 0 aromatic heterocycles. The number of aromatic hydroxyl groups is 1. The summed E-state index contributed by atoms with van der Waals surface area (Å²) in [6.07, 6.45) is 2.34. The summed E-state index contributed by atoms with van der Waals surface area (Å²) in [5, 5.41) is 13.3. The molecule has 1 aliphatic heterocycles. The maximum Gasteiger partial charge on any atom is 0.120 e. The van der Waals surface area contributed by atoms with Crippen LogP contribution in [0.3, 0.4) is 0 Å². The Morgan fingerprint density at radius 3 is 2.87 bits per heavy atom. The predicted molar refractivity (Wildman–Crippen MR) is 65.4 cm³/mol. The molecule has 2 rings (SSSR count). The van der Waals surface area contributed by atoms with Crippen molar-refractivity contribution in [3.63, 3.8) is 0 Å². The van der Waals surface area contributed by atoms with Gasteiger partial charge in [0.25, 0.3) is 0 Å². The van der Waals surface area contributed by atoms with E-state index in [2.05, 4.69) is 27.3 Å². The average Bonchev–Trinajstić information content (AvgIpc) is 2.17. The molecule has 2 N–H and O–H groups in total. The maximum absolute atomic E-state index is 9.97. The number of nitrogens with one attached hydrogen (secondary N) is 1. The summed E-state index contributed by atoms with van der Waals surface area (Å²) in [7, 11) is 0. The zero-order valence-corrected chi connectivity index (χ0v) is 10.5. The number of hydrogen-bond donors (Lipinski definition) is 2. The number of aryl methyl sites for hydroxylation is 1. The van der Waals surface area contributed by atoms with Crippen LogP contribution in [0.15, 0.2) is 16.6 Å². The molecule has 0 radical (unpaired) electrons. The lowest BCUT2D eigenvalue weighted by atomic mass is 9.90. The second-order valence-electron chi connectivity index (χ2n) is 4.22. The Bertz CT molecular complexity index is 336. The van der Waals surface area contributed by atoms with Gasteiger partial charge in [0.05, 0.1) is 0 Å². The summed E-state index contributed by atoms with van der Waals surface area (Å²) in [5.41, 5.74) is 2.15. The van der Waals surface area contributed by atoms with Gasteiger partial charge in [-0.15, -0.1) is 0 Å². The third kappa shape index (κ3) is 2.34. The highest BCUT2D eigenvalue weighted by Crippen LogP contribution is 2.36. The molecule has 0 aliphatic carbocycles. The number of piperidine rings is 1. The summed E-state index contributed by atoms with van der Waals surface area (Å²) in [5.74, 6) is 0.865. The number of hydrogen-bond acceptors (Lipinski definition) is 2. The highest BCUT2D eigenvalue weighted by atomic mass is 79.9. The van der Waals surface area contributed by atoms with Crippen LogP contribution in [0.25, 0.3) is 0 Å². The Hall–Kier alpha value is -0.540. The minimum atomic E-state index is 0.426. The largest absolute Gasteiger partial charge is 0.508 e. The van der Waals surface area contributed by atoms with Gasteiger partial charge in [-0.2, -0.15) is 0 Å². The van der Waals surface area contributed by atoms with Gasteiger partial charge in [0.1, 0.15) is 5.75 Å². The molecule has 0 bridgehead atoms. The first-order valence-corrected chi connectivity index (χ1v) is 6.17. The predicted octanol–water partition coefficient (Wildman–Crippen LogP) is 2.93. The van der Waals surface area contributed by atoms with Gasteiger partial charge in [-0.3, -0.25) is 0 Å². The van der Waals surface area contributed by atoms with E-state index in [0.717, 1.165) is 35.1 Å². The smallest absolute Gasteiger partial charge is 0.120 e. The van der Waals surface area contributed by atoms with E-state index in [1.54, 1.807) is 0 Å². The lowest BCUT2D eigenvalue weighted by Crippen LogP contribution is -2.28. The topological polar surface area (TPSA) is 32.3 Å². The lowest BCUT2D eigenvalue weighted by molar-refractivity contribution is 0.424. The Morgan fingerprint density at radius 1 is 1.47 bits per heavy atom. The molecule has 0 amide bonds. The second-order valence-corrected chi connectivity index (χ2v) is 5.08. The van der Waals surface area contributed by atoms with Crippen molar-refractivity contribution in [2.75, 3.05) is 13.1 Å². The van der Waals surface area contributed by atoms with Crippen molar-refractivity contribution in [1.82, 2.24) is 5.32 Å². The van der Waals surface area contributed by atoms with Crippen LogP contribution in [0.1, 0.15) is 29.9 Å². The van der Waals surface area contributed by atoms with E-state index in [9.17, 15) is 5.11 Å². The molecule has 2 nitrogen and oxygen atoms in total. The highest BCUT2D eigenvalue weighted by molar-refractivity contribution is 9.10. The minimum absolute atomic E-state index is 0.426. The van der Waals surface area contributed by atoms with Crippen LogP contribution in [0.5, 0.6) is 5.75 Å². The van der Waals surface area contributed by atoms with Gasteiger partial charge in [0.15, 0.2) is 0 Å². The lowest BCUT2D eigenvalue weighted by Gasteiger charge is -2.25. The first kappa shape index (κ1) is 11.0. The fourth-order valence-corrected chi connectivity index (χ4v) is 3.13. The Balaban J connectivity index is 2.33. The summed E-state index contributed by atoms with van der Waals surface area (Å²) in [4.78, 5) is 0. The van der Waals surface area contributed by atoms with Gasteiger partial charge in [-0.05, 0) is 44.0 Å². The third-order valence-corrected chi connectivity index (χ3v) is 3.61. The summed E-state index contributed by atoms with van der Waals surface area (Å²) in [6, 6.07) is 3.92. The fraction of sp³-hybridized carbons (Fsp3) is 0.500. The van der Waals surface area contributed by atoms with Crippen molar-refractivity contribution in [3.8, 4) is 5.75 Å². The van der Waals surface area contributed by atoms with E-state index in [1.807, 2.05) is 13.0 Å². The molecule has 1 saturated heterocycles. The van der Waals surface area contributed by atoms with Crippen LogP contribution >= 0.6 is 15.9 Å². The maximum atomic E-state index is 9.97. The molecule has 1 aromatic carbocycles. The van der Waals surface area contributed by atoms with E-state index in [1.165, 1.54) is 6.42 Å². The van der Waals surface area contributed by atoms with Crippen molar-refractivity contribution in [2.24, 2.45) is 0 Å². The van der Waals surface area contributed by atoms with Crippen molar-refractivity contribution in [1.29, 1.82) is 0 Å². The molecular formula is C12H16BrNO. The molecule has 1 aromatic rings. The van der Waals surface area contributed by atoms with Crippen LogP contribution < -0.4 is 5.32 Å². The van der Waals surface area contributed by atoms with Gasteiger partial charge >= 0.3 is 0 Å². The fourth-order valence-electron chi connectivity index (χ4n) is 2.24. The first-order chi connectivity index (χ1) is 7.18. The molecule has 1 aliphatic rings. The molecule has 3 heteroatoms. The molecule has 82 valence electrons. The monoisotopic (exact) mass is 269 g/mol. The van der Waals surface area contributed by atoms with Gasteiger partial charge in [-0.1, -0.05) is 15.9 Å². The van der Waals surface area contributed by atoms with Crippen LogP contribution in [0.2, 0.25) is 0 Å². The van der Waals surface area contributed by atoms with E-state index in [4.69, 9.17) is 0 Å². The zero-order valence-electron chi connectivity index (χ0n) is 8.89. The summed E-state index contributed by atoms with van der Waals surface area (Å²) >= 11 is 3.55. The van der Waals surface area contributed by atoms with E-state index < -0.39 is 0 Å². The van der Waals surface area contributed by atoms with Gasteiger partial charge in [0, 0.05) is 22.5 Å². The molecule has 1 atom stereocenters. The molecule has 0 saturated carbocycles. The van der Waals surface area contributed by atoms with Crippen LogP contribution in [0, 0.1) is 6.92 Å². The second kappa shape index (κ2) is 4.54. The standard InChI is InChI=1S/C12H16BrNO/c1-8-5-10(13)12(11(15)6-8)9-3-2-4-14-7-9/h5-6,9,14-15H,2-4,7H2,1H3. The SMILES string of the molecule is Cc1cc(O)c(C2CCCNC2)c(Br)c1. The summed E-state index contributed by atoms with van der Waals surface area (Å²) < 4.78 is 1.04. The zero-order chi connectivity index (χ0) is 10.8. The van der Waals surface area contributed by atoms with Crippen molar-refractivity contribution >= 4 is 15.9 Å². The number of benzene rings is 1. The number of halogens is 1. The normalized spacial score (nSPS) is 21.6. The van der Waals surface area contributed by atoms with Crippen molar-refractivity contribution in [3.05, 3.63) is 27.7 Å². The average molecular weight is 270 g/mol. The molecule has 0 spiro atoms. The van der Waals surface area contributed by atoms with Gasteiger partial charge in [0.2, 0.25) is 0 Å². The molecule has 1 fully saturated rings. The number of rotatable bonds is 1. The van der Waals surface area contributed by atoms with E-state index in [0.29, 0.717) is 11.7 Å². The third-order valence-electron chi connectivity index (χ3n) is 2.96. The van der Waals surface area contributed by atoms with Gasteiger partial charge in [-0.25, -0.2) is 0 Å². The van der Waals surface area contributed by atoms with Crippen LogP contribution in [-0.4, -0.2) is 18.2 Å². The van der Waals surface area contributed by atoms with Crippen LogP contribution in [0.4, 0.5) is 0 Å². The number of phenolic OH excluding ortho intramolecular Hbond substituents is 1. The molecule has 1 heterocycles. The van der Waals surface area contributed by atoms with Crippen LogP contribution in [-0.2, 0) is 0 Å². The number of phenols is 1. The highest BCUT2D eigenvalue weighted by Gasteiger charge is 2.20. The van der Waals surface area contributed by atoms with E-state index in [-0.39, 0.29) is 0 Å². The quantitative estimate of drug-likeness (QED) is 0.822. The Labute approximate surface area is 98.8 Å².